The Hall–Kier alpha value is -1.80. The van der Waals surface area contributed by atoms with E-state index in [1.165, 1.54) is 30.4 Å². The molecular formula is C19H26N2. The first-order valence-corrected chi connectivity index (χ1v) is 7.77. The van der Waals surface area contributed by atoms with Gasteiger partial charge in [0.1, 0.15) is 0 Å². The zero-order chi connectivity index (χ0) is 15.9. The Morgan fingerprint density at radius 1 is 1.33 bits per heavy atom. The Morgan fingerprint density at radius 3 is 2.62 bits per heavy atom. The molecule has 0 saturated heterocycles. The molecule has 0 amide bonds. The van der Waals surface area contributed by atoms with Crippen LogP contribution >= 0.6 is 0 Å². The van der Waals surface area contributed by atoms with Gasteiger partial charge in [0.25, 0.3) is 0 Å². The second-order valence-electron chi connectivity index (χ2n) is 6.55. The number of nitrogens with zero attached hydrogens (tertiary/aromatic N) is 2. The van der Waals surface area contributed by atoms with Gasteiger partial charge in [-0.3, -0.25) is 0 Å². The van der Waals surface area contributed by atoms with Crippen LogP contribution in [0.1, 0.15) is 66.2 Å². The minimum absolute atomic E-state index is 0.229. The van der Waals surface area contributed by atoms with Crippen molar-refractivity contribution >= 4 is 0 Å². The van der Waals surface area contributed by atoms with Gasteiger partial charge in [-0.15, -0.1) is 0 Å². The fourth-order valence-corrected chi connectivity index (χ4v) is 3.00. The third-order valence-corrected chi connectivity index (χ3v) is 4.37. The van der Waals surface area contributed by atoms with Crippen molar-refractivity contribution in [3.05, 3.63) is 34.4 Å². The number of rotatable bonds is 5. The first-order valence-electron chi connectivity index (χ1n) is 7.77. The normalized spacial score (nSPS) is 19.1. The number of hydrogen-bond acceptors (Lipinski definition) is 2. The van der Waals surface area contributed by atoms with Crippen LogP contribution < -0.4 is 0 Å². The number of hydrogen-bond donors (Lipinski definition) is 0. The number of nitriles is 2. The Morgan fingerprint density at radius 2 is 2.05 bits per heavy atom. The maximum atomic E-state index is 9.25. The lowest BCUT2D eigenvalue weighted by Crippen LogP contribution is -2.19. The molecule has 0 heterocycles. The van der Waals surface area contributed by atoms with E-state index >= 15 is 0 Å². The predicted octanol–water partition coefficient (Wildman–Crippen LogP) is 5.60. The molecule has 0 fully saturated rings. The molecular weight excluding hydrogens is 256 g/mol. The monoisotopic (exact) mass is 282 g/mol. The molecule has 0 aromatic rings. The van der Waals surface area contributed by atoms with Gasteiger partial charge in [0.15, 0.2) is 0 Å². The molecule has 0 bridgehead atoms. The fourth-order valence-electron chi connectivity index (χ4n) is 3.00. The molecule has 21 heavy (non-hydrogen) atoms. The molecule has 0 N–H and O–H groups in total. The van der Waals surface area contributed by atoms with Crippen LogP contribution in [0.2, 0.25) is 0 Å². The van der Waals surface area contributed by atoms with E-state index in [4.69, 9.17) is 5.26 Å². The van der Waals surface area contributed by atoms with Crippen LogP contribution in [0.3, 0.4) is 0 Å². The van der Waals surface area contributed by atoms with Crippen molar-refractivity contribution < 1.29 is 0 Å². The van der Waals surface area contributed by atoms with E-state index in [0.29, 0.717) is 12.8 Å². The molecule has 0 radical (unpaired) electrons. The summed E-state index contributed by atoms with van der Waals surface area (Å²) in [5.41, 5.74) is 4.94. The summed E-state index contributed by atoms with van der Waals surface area (Å²) < 4.78 is 0. The van der Waals surface area contributed by atoms with Gasteiger partial charge in [-0.25, -0.2) is 0 Å². The molecule has 1 aliphatic rings. The summed E-state index contributed by atoms with van der Waals surface area (Å²) in [6.07, 6.45) is 9.92. The maximum Gasteiger partial charge on any atom is 0.0949 e. The van der Waals surface area contributed by atoms with Crippen molar-refractivity contribution in [2.45, 2.75) is 66.2 Å². The van der Waals surface area contributed by atoms with Crippen LogP contribution in [0.25, 0.3) is 0 Å². The van der Waals surface area contributed by atoms with Crippen LogP contribution in [-0.2, 0) is 0 Å². The molecule has 2 heteroatoms. The van der Waals surface area contributed by atoms with E-state index in [-0.39, 0.29) is 5.41 Å². The van der Waals surface area contributed by atoms with E-state index in [9.17, 15) is 5.26 Å². The van der Waals surface area contributed by atoms with Gasteiger partial charge in [0, 0.05) is 12.0 Å². The van der Waals surface area contributed by atoms with E-state index in [1.54, 1.807) is 0 Å². The van der Waals surface area contributed by atoms with Gasteiger partial charge < -0.3 is 0 Å². The lowest BCUT2D eigenvalue weighted by Gasteiger charge is -2.33. The SMILES string of the molecule is CC1=C(/C=C/C(C)=C(\C#N)CCCC#N)C(C)(C)CCC1. The Labute approximate surface area is 129 Å². The highest BCUT2D eigenvalue weighted by molar-refractivity contribution is 5.40. The van der Waals surface area contributed by atoms with Crippen LogP contribution in [0, 0.1) is 28.1 Å². The van der Waals surface area contributed by atoms with Gasteiger partial charge in [-0.1, -0.05) is 31.6 Å². The zero-order valence-electron chi connectivity index (χ0n) is 13.8. The number of unbranched alkanes of at least 4 members (excludes halogenated alkanes) is 1. The molecule has 0 atom stereocenters. The lowest BCUT2D eigenvalue weighted by atomic mass is 9.72. The van der Waals surface area contributed by atoms with E-state index in [1.807, 2.05) is 6.92 Å². The highest BCUT2D eigenvalue weighted by Crippen LogP contribution is 2.40. The standard InChI is InChI=1S/C19H26N2/c1-15(17(14-21)9-5-6-13-20)10-11-18-16(2)8-7-12-19(18,3)4/h10-11H,5-9,12H2,1-4H3/b11-10+,17-15-. The highest BCUT2D eigenvalue weighted by atomic mass is 14.3. The summed E-state index contributed by atoms with van der Waals surface area (Å²) in [5, 5.41) is 17.8. The van der Waals surface area contributed by atoms with Crippen LogP contribution in [0.5, 0.6) is 0 Å². The van der Waals surface area contributed by atoms with Crippen molar-refractivity contribution in [2.24, 2.45) is 5.41 Å². The van der Waals surface area contributed by atoms with Crippen molar-refractivity contribution in [1.29, 1.82) is 10.5 Å². The molecule has 0 unspecified atom stereocenters. The third-order valence-electron chi connectivity index (χ3n) is 4.37. The maximum absolute atomic E-state index is 9.25. The summed E-state index contributed by atoms with van der Waals surface area (Å²) in [7, 11) is 0. The average Bonchev–Trinajstić information content (AvgIpc) is 2.42. The smallest absolute Gasteiger partial charge is 0.0949 e. The first-order chi connectivity index (χ1) is 9.92. The average molecular weight is 282 g/mol. The Balaban J connectivity index is 2.92. The van der Waals surface area contributed by atoms with E-state index in [0.717, 1.165) is 17.6 Å². The lowest BCUT2D eigenvalue weighted by molar-refractivity contribution is 0.377. The van der Waals surface area contributed by atoms with Gasteiger partial charge in [0.2, 0.25) is 0 Å². The molecule has 0 saturated carbocycles. The predicted molar refractivity (Wildman–Crippen MR) is 87.2 cm³/mol. The van der Waals surface area contributed by atoms with Crippen LogP contribution in [0.15, 0.2) is 34.4 Å². The molecule has 0 aromatic heterocycles. The van der Waals surface area contributed by atoms with E-state index in [2.05, 4.69) is 45.1 Å². The van der Waals surface area contributed by atoms with Crippen molar-refractivity contribution in [3.8, 4) is 12.1 Å². The largest absolute Gasteiger partial charge is 0.198 e. The molecule has 0 spiro atoms. The van der Waals surface area contributed by atoms with Gasteiger partial charge in [0.05, 0.1) is 12.1 Å². The molecule has 0 aromatic carbocycles. The number of allylic oxidation sites excluding steroid dienone is 6. The minimum atomic E-state index is 0.229. The molecule has 0 aliphatic heterocycles. The third kappa shape index (κ3) is 4.91. The summed E-state index contributed by atoms with van der Waals surface area (Å²) in [4.78, 5) is 0. The molecule has 1 aliphatic carbocycles. The fraction of sp³-hybridized carbons (Fsp3) is 0.579. The topological polar surface area (TPSA) is 47.6 Å². The summed E-state index contributed by atoms with van der Waals surface area (Å²) in [5.74, 6) is 0. The summed E-state index contributed by atoms with van der Waals surface area (Å²) >= 11 is 0. The van der Waals surface area contributed by atoms with Crippen molar-refractivity contribution in [3.63, 3.8) is 0 Å². The minimum Gasteiger partial charge on any atom is -0.198 e. The molecule has 2 nitrogen and oxygen atoms in total. The Bertz CT molecular complexity index is 545. The first kappa shape index (κ1) is 17.3. The van der Waals surface area contributed by atoms with Gasteiger partial charge >= 0.3 is 0 Å². The second-order valence-corrected chi connectivity index (χ2v) is 6.55. The molecule has 1 rings (SSSR count). The quantitative estimate of drug-likeness (QED) is 0.374. The Kier molecular flexibility index (Phi) is 6.44. The highest BCUT2D eigenvalue weighted by Gasteiger charge is 2.26. The molecule has 112 valence electrons. The van der Waals surface area contributed by atoms with Crippen LogP contribution in [0.4, 0.5) is 0 Å². The summed E-state index contributed by atoms with van der Waals surface area (Å²) in [6.45, 7) is 8.81. The van der Waals surface area contributed by atoms with Crippen LogP contribution in [-0.4, -0.2) is 0 Å². The van der Waals surface area contributed by atoms with Crippen molar-refractivity contribution in [2.75, 3.05) is 0 Å². The summed E-state index contributed by atoms with van der Waals surface area (Å²) in [6, 6.07) is 4.41. The van der Waals surface area contributed by atoms with Gasteiger partial charge in [-0.2, -0.15) is 10.5 Å². The van der Waals surface area contributed by atoms with Gasteiger partial charge in [-0.05, 0) is 62.5 Å². The van der Waals surface area contributed by atoms with Crippen molar-refractivity contribution in [1.82, 2.24) is 0 Å². The van der Waals surface area contributed by atoms with E-state index < -0.39 is 0 Å². The zero-order valence-corrected chi connectivity index (χ0v) is 13.8. The second kappa shape index (κ2) is 7.84.